The molecule has 0 aliphatic carbocycles. The third-order valence-electron chi connectivity index (χ3n) is 6.46. The molecule has 1 unspecified atom stereocenters. The summed E-state index contributed by atoms with van der Waals surface area (Å²) in [7, 11) is 1.42. The van der Waals surface area contributed by atoms with Crippen LogP contribution in [0, 0.1) is 18.3 Å². The Hall–Kier alpha value is -4.08. The number of aliphatic hydroxyl groups is 1. The van der Waals surface area contributed by atoms with E-state index in [0.29, 0.717) is 16.8 Å². The lowest BCUT2D eigenvalue weighted by Crippen LogP contribution is -2.29. The summed E-state index contributed by atoms with van der Waals surface area (Å²) in [6, 6.07) is 18.5. The summed E-state index contributed by atoms with van der Waals surface area (Å²) in [6.07, 6.45) is 0. The van der Waals surface area contributed by atoms with Crippen molar-refractivity contribution in [3.8, 4) is 11.8 Å². The Balaban J connectivity index is 1.98. The van der Waals surface area contributed by atoms with E-state index in [1.807, 2.05) is 24.3 Å². The second kappa shape index (κ2) is 9.76. The first-order valence-electron chi connectivity index (χ1n) is 11.7. The van der Waals surface area contributed by atoms with E-state index in [1.54, 1.807) is 43.3 Å². The van der Waals surface area contributed by atoms with Crippen LogP contribution in [0.5, 0.6) is 5.75 Å². The lowest BCUT2D eigenvalue weighted by Gasteiger charge is -2.27. The summed E-state index contributed by atoms with van der Waals surface area (Å²) in [5, 5.41) is 21.0. The number of benzene rings is 3. The number of hydrogen-bond acceptors (Lipinski definition) is 5. The van der Waals surface area contributed by atoms with Crippen molar-refractivity contribution < 1.29 is 19.4 Å². The van der Waals surface area contributed by atoms with Crippen molar-refractivity contribution in [1.29, 1.82) is 5.26 Å². The summed E-state index contributed by atoms with van der Waals surface area (Å²) in [5.41, 5.74) is 3.39. The normalized spacial score (nSPS) is 17.1. The summed E-state index contributed by atoms with van der Waals surface area (Å²) in [6.45, 7) is 8.09. The second-order valence-electron chi connectivity index (χ2n) is 10.0. The number of aryl methyl sites for hydroxylation is 1. The number of Topliss-reactive ketones (excluding diaryl/α,β-unsaturated/α-hetero) is 1. The number of halogens is 1. The third kappa shape index (κ3) is 4.71. The first-order valence-corrected chi connectivity index (χ1v) is 12.1. The molecule has 0 saturated carbocycles. The summed E-state index contributed by atoms with van der Waals surface area (Å²) in [5.74, 6) is -1.78. The quantitative estimate of drug-likeness (QED) is 0.245. The van der Waals surface area contributed by atoms with Gasteiger partial charge in [-0.1, -0.05) is 56.6 Å². The van der Waals surface area contributed by atoms with Crippen molar-refractivity contribution in [2.75, 3.05) is 12.0 Å². The predicted molar refractivity (Wildman–Crippen MR) is 144 cm³/mol. The molecule has 1 N–H and O–H groups in total. The smallest absolute Gasteiger partial charge is 0.300 e. The number of amides is 1. The van der Waals surface area contributed by atoms with E-state index in [9.17, 15) is 20.0 Å². The molecule has 1 atom stereocenters. The first kappa shape index (κ1) is 26.0. The van der Waals surface area contributed by atoms with Gasteiger partial charge in [0.25, 0.3) is 11.7 Å². The van der Waals surface area contributed by atoms with E-state index in [-0.39, 0.29) is 33.1 Å². The zero-order valence-corrected chi connectivity index (χ0v) is 22.1. The average molecular weight is 515 g/mol. The van der Waals surface area contributed by atoms with E-state index in [0.717, 1.165) is 11.1 Å². The maximum atomic E-state index is 13.5. The Morgan fingerprint density at radius 3 is 2.22 bits per heavy atom. The highest BCUT2D eigenvalue weighted by atomic mass is 35.5. The minimum absolute atomic E-state index is 0.0714. The van der Waals surface area contributed by atoms with Crippen molar-refractivity contribution in [2.24, 2.45) is 0 Å². The molecule has 0 radical (unpaired) electrons. The van der Waals surface area contributed by atoms with E-state index in [2.05, 4.69) is 26.8 Å². The van der Waals surface area contributed by atoms with Gasteiger partial charge in [-0.15, -0.1) is 0 Å². The highest BCUT2D eigenvalue weighted by Gasteiger charge is 2.47. The Bertz CT molecular complexity index is 1460. The molecule has 0 bridgehead atoms. The van der Waals surface area contributed by atoms with Crippen molar-refractivity contribution in [3.63, 3.8) is 0 Å². The van der Waals surface area contributed by atoms with Crippen molar-refractivity contribution >= 4 is 34.7 Å². The van der Waals surface area contributed by atoms with Gasteiger partial charge in [0.05, 0.1) is 40.9 Å². The number of carbonyl (C=O) groups excluding carboxylic acids is 2. The maximum absolute atomic E-state index is 13.5. The molecule has 6 nitrogen and oxygen atoms in total. The van der Waals surface area contributed by atoms with E-state index < -0.39 is 17.7 Å². The van der Waals surface area contributed by atoms with Gasteiger partial charge in [-0.05, 0) is 65.4 Å². The number of nitriles is 1. The molecule has 1 aliphatic heterocycles. The standard InChI is InChI=1S/C30H27ClN2O4/c1-17-14-22(28(37-5)23(31)15-17)26(34)24-25(19-8-10-20(11-9-19)30(2,3)4)33(29(36)27(24)35)21-12-6-18(16-32)7-13-21/h6-15,25,34H,1-5H3/b26-24+. The zero-order valence-electron chi connectivity index (χ0n) is 21.3. The van der Waals surface area contributed by atoms with Gasteiger partial charge in [0.15, 0.2) is 0 Å². The second-order valence-corrected chi connectivity index (χ2v) is 10.4. The van der Waals surface area contributed by atoms with Gasteiger partial charge in [-0.2, -0.15) is 5.26 Å². The van der Waals surface area contributed by atoms with Crippen LogP contribution in [0.4, 0.5) is 5.69 Å². The molecule has 37 heavy (non-hydrogen) atoms. The van der Waals surface area contributed by atoms with E-state index in [4.69, 9.17) is 16.3 Å². The Labute approximate surface area is 221 Å². The first-order chi connectivity index (χ1) is 17.5. The molecule has 188 valence electrons. The average Bonchev–Trinajstić information content (AvgIpc) is 3.13. The molecule has 1 saturated heterocycles. The third-order valence-corrected chi connectivity index (χ3v) is 6.74. The van der Waals surface area contributed by atoms with Gasteiger partial charge in [0, 0.05) is 5.69 Å². The molecule has 3 aromatic carbocycles. The fraction of sp³-hybridized carbons (Fsp3) is 0.233. The number of nitrogens with zero attached hydrogens (tertiary/aromatic N) is 2. The van der Waals surface area contributed by atoms with Crippen LogP contribution >= 0.6 is 11.6 Å². The summed E-state index contributed by atoms with van der Waals surface area (Å²) in [4.78, 5) is 28.2. The van der Waals surface area contributed by atoms with E-state index >= 15 is 0 Å². The monoisotopic (exact) mass is 514 g/mol. The maximum Gasteiger partial charge on any atom is 0.300 e. The SMILES string of the molecule is COc1c(Cl)cc(C)cc1/C(O)=C1\C(=O)C(=O)N(c2ccc(C#N)cc2)C1c1ccc(C(C)(C)C)cc1. The highest BCUT2D eigenvalue weighted by molar-refractivity contribution is 6.51. The molecule has 3 aromatic rings. The van der Waals surface area contributed by atoms with Gasteiger partial charge in [-0.25, -0.2) is 0 Å². The lowest BCUT2D eigenvalue weighted by molar-refractivity contribution is -0.132. The molecule has 7 heteroatoms. The lowest BCUT2D eigenvalue weighted by atomic mass is 9.85. The van der Waals surface area contributed by atoms with Gasteiger partial charge >= 0.3 is 0 Å². The molecule has 1 fully saturated rings. The van der Waals surface area contributed by atoms with Gasteiger partial charge < -0.3 is 9.84 Å². The number of rotatable bonds is 4. The van der Waals surface area contributed by atoms with Gasteiger partial charge in [0.2, 0.25) is 0 Å². The van der Waals surface area contributed by atoms with Crippen LogP contribution < -0.4 is 9.64 Å². The van der Waals surface area contributed by atoms with Gasteiger partial charge in [-0.3, -0.25) is 14.5 Å². The number of anilines is 1. The zero-order chi connectivity index (χ0) is 27.1. The fourth-order valence-electron chi connectivity index (χ4n) is 4.53. The number of aliphatic hydroxyl groups excluding tert-OH is 1. The van der Waals surface area contributed by atoms with E-state index in [1.165, 1.54) is 12.0 Å². The molecular weight excluding hydrogens is 488 g/mol. The number of hydrogen-bond donors (Lipinski definition) is 1. The summed E-state index contributed by atoms with van der Waals surface area (Å²) >= 11 is 6.37. The predicted octanol–water partition coefficient (Wildman–Crippen LogP) is 6.45. The van der Waals surface area contributed by atoms with Crippen molar-refractivity contribution in [3.05, 3.63) is 99.1 Å². The molecule has 0 aromatic heterocycles. The molecule has 0 spiro atoms. The molecule has 4 rings (SSSR count). The van der Waals surface area contributed by atoms with Crippen molar-refractivity contribution in [1.82, 2.24) is 0 Å². The number of ketones is 1. The molecule has 1 heterocycles. The minimum atomic E-state index is -0.911. The van der Waals surface area contributed by atoms with Crippen molar-refractivity contribution in [2.45, 2.75) is 39.2 Å². The van der Waals surface area contributed by atoms with Crippen LogP contribution in [-0.2, 0) is 15.0 Å². The van der Waals surface area contributed by atoms with Crippen LogP contribution in [-0.4, -0.2) is 23.9 Å². The molecule has 1 amide bonds. The Kier molecular flexibility index (Phi) is 6.86. The molecule has 1 aliphatic rings. The largest absolute Gasteiger partial charge is 0.507 e. The van der Waals surface area contributed by atoms with Crippen LogP contribution in [0.2, 0.25) is 5.02 Å². The number of methoxy groups -OCH3 is 1. The topological polar surface area (TPSA) is 90.6 Å². The number of carbonyl (C=O) groups is 2. The summed E-state index contributed by atoms with van der Waals surface area (Å²) < 4.78 is 5.44. The van der Waals surface area contributed by atoms with Crippen LogP contribution in [0.3, 0.4) is 0 Å². The van der Waals surface area contributed by atoms with Gasteiger partial charge in [0.1, 0.15) is 11.5 Å². The Morgan fingerprint density at radius 2 is 1.68 bits per heavy atom. The van der Waals surface area contributed by atoms with Crippen LogP contribution in [0.1, 0.15) is 54.6 Å². The Morgan fingerprint density at radius 1 is 1.05 bits per heavy atom. The minimum Gasteiger partial charge on any atom is -0.507 e. The van der Waals surface area contributed by atoms with Crippen LogP contribution in [0.15, 0.2) is 66.2 Å². The van der Waals surface area contributed by atoms with Crippen LogP contribution in [0.25, 0.3) is 5.76 Å². The fourth-order valence-corrected chi connectivity index (χ4v) is 4.88. The number of ether oxygens (including phenoxy) is 1. The molecular formula is C30H27ClN2O4. The highest BCUT2D eigenvalue weighted by Crippen LogP contribution is 2.44.